The normalized spacial score (nSPS) is 11.8. The van der Waals surface area contributed by atoms with Crippen LogP contribution in [-0.2, 0) is 21.4 Å². The number of carboxylic acid groups (broad SMARTS) is 1. The highest BCUT2D eigenvalue weighted by Gasteiger charge is 2.13. The quantitative estimate of drug-likeness (QED) is 0.799. The molecule has 1 heterocycles. The van der Waals surface area contributed by atoms with Crippen molar-refractivity contribution in [3.05, 3.63) is 58.3 Å². The second-order valence-corrected chi connectivity index (χ2v) is 6.75. The average Bonchev–Trinajstić information content (AvgIpc) is 2.97. The molecule has 0 saturated heterocycles. The molecule has 1 aromatic heterocycles. The smallest absolute Gasteiger partial charge is 0.328 e. The summed E-state index contributed by atoms with van der Waals surface area (Å²) < 4.78 is 26.8. The van der Waals surface area contributed by atoms with E-state index in [1.54, 1.807) is 12.1 Å². The van der Waals surface area contributed by atoms with Crippen molar-refractivity contribution in [2.24, 2.45) is 0 Å². The van der Waals surface area contributed by atoms with Crippen molar-refractivity contribution >= 4 is 33.4 Å². The summed E-state index contributed by atoms with van der Waals surface area (Å²) in [4.78, 5) is 10.6. The topological polar surface area (TPSA) is 83.5 Å². The van der Waals surface area contributed by atoms with Crippen molar-refractivity contribution in [1.82, 2.24) is 4.72 Å². The zero-order valence-corrected chi connectivity index (χ0v) is 12.5. The third-order valence-electron chi connectivity index (χ3n) is 2.63. The number of aliphatic carboxylic acids is 1. The summed E-state index contributed by atoms with van der Waals surface area (Å²) in [6, 6.07) is 7.95. The molecular weight excluding hydrogens is 310 g/mol. The zero-order valence-electron chi connectivity index (χ0n) is 10.9. The maximum absolute atomic E-state index is 12.2. The first-order valence-electron chi connectivity index (χ1n) is 5.99. The Bertz CT molecular complexity index is 749. The number of benzene rings is 1. The van der Waals surface area contributed by atoms with Gasteiger partial charge in [0.1, 0.15) is 0 Å². The van der Waals surface area contributed by atoms with Crippen LogP contribution in [-0.4, -0.2) is 19.5 Å². The molecule has 2 N–H and O–H groups in total. The molecule has 7 heteroatoms. The van der Waals surface area contributed by atoms with E-state index < -0.39 is 16.0 Å². The van der Waals surface area contributed by atoms with Crippen LogP contribution in [0.2, 0.25) is 0 Å². The molecular formula is C14H13NO4S2. The van der Waals surface area contributed by atoms with Crippen LogP contribution in [0, 0.1) is 0 Å². The Morgan fingerprint density at radius 3 is 2.81 bits per heavy atom. The minimum atomic E-state index is -3.62. The third kappa shape index (κ3) is 4.52. The van der Waals surface area contributed by atoms with Gasteiger partial charge in [0.15, 0.2) is 0 Å². The third-order valence-corrected chi connectivity index (χ3v) is 4.76. The summed E-state index contributed by atoms with van der Waals surface area (Å²) in [6.45, 7) is 0.223. The highest BCUT2D eigenvalue weighted by Crippen LogP contribution is 2.14. The van der Waals surface area contributed by atoms with Crippen molar-refractivity contribution < 1.29 is 18.3 Å². The molecule has 110 valence electrons. The van der Waals surface area contributed by atoms with E-state index in [9.17, 15) is 13.2 Å². The summed E-state index contributed by atoms with van der Waals surface area (Å²) in [6.07, 6.45) is 2.31. The van der Waals surface area contributed by atoms with Gasteiger partial charge in [-0.3, -0.25) is 0 Å². The van der Waals surface area contributed by atoms with Crippen LogP contribution in [0.25, 0.3) is 6.08 Å². The lowest BCUT2D eigenvalue weighted by Crippen LogP contribution is -2.23. The van der Waals surface area contributed by atoms with E-state index in [1.807, 2.05) is 16.8 Å². The monoisotopic (exact) mass is 323 g/mol. The van der Waals surface area contributed by atoms with E-state index in [1.165, 1.54) is 29.5 Å². The molecule has 2 rings (SSSR count). The molecule has 2 aromatic rings. The Morgan fingerprint density at radius 1 is 1.33 bits per heavy atom. The van der Waals surface area contributed by atoms with E-state index in [-0.39, 0.29) is 11.4 Å². The molecule has 0 aliphatic rings. The van der Waals surface area contributed by atoms with Crippen LogP contribution in [0.4, 0.5) is 0 Å². The lowest BCUT2D eigenvalue weighted by atomic mass is 10.2. The first-order chi connectivity index (χ1) is 9.97. The minimum Gasteiger partial charge on any atom is -0.478 e. The summed E-state index contributed by atoms with van der Waals surface area (Å²) in [5.74, 6) is -1.08. The summed E-state index contributed by atoms with van der Waals surface area (Å²) in [5, 5.41) is 12.3. The van der Waals surface area contributed by atoms with Crippen LogP contribution in [0.5, 0.6) is 0 Å². The Balaban J connectivity index is 2.16. The first kappa shape index (κ1) is 15.4. The SMILES string of the molecule is O=C(O)C=Cc1cccc(S(=O)(=O)NCc2ccsc2)c1. The second kappa shape index (κ2) is 6.66. The lowest BCUT2D eigenvalue weighted by molar-refractivity contribution is -0.131. The summed E-state index contributed by atoms with van der Waals surface area (Å²) >= 11 is 1.50. The van der Waals surface area contributed by atoms with Gasteiger partial charge in [-0.25, -0.2) is 17.9 Å². The molecule has 21 heavy (non-hydrogen) atoms. The molecule has 0 radical (unpaired) electrons. The number of nitrogens with one attached hydrogen (secondary N) is 1. The summed E-state index contributed by atoms with van der Waals surface area (Å²) in [7, 11) is -3.62. The van der Waals surface area contributed by atoms with Crippen LogP contribution < -0.4 is 4.72 Å². The largest absolute Gasteiger partial charge is 0.478 e. The van der Waals surface area contributed by atoms with Gasteiger partial charge in [0.2, 0.25) is 10.0 Å². The molecule has 0 fully saturated rings. The fraction of sp³-hybridized carbons (Fsp3) is 0.0714. The van der Waals surface area contributed by atoms with E-state index in [4.69, 9.17) is 5.11 Å². The molecule has 0 unspecified atom stereocenters. The Kier molecular flexibility index (Phi) is 4.89. The molecule has 1 aromatic carbocycles. The molecule has 5 nitrogen and oxygen atoms in total. The number of hydrogen-bond acceptors (Lipinski definition) is 4. The number of thiophene rings is 1. The van der Waals surface area contributed by atoms with E-state index in [2.05, 4.69) is 4.72 Å². The Labute approximate surface area is 126 Å². The predicted molar refractivity (Wildman–Crippen MR) is 81.5 cm³/mol. The van der Waals surface area contributed by atoms with Gasteiger partial charge in [0.05, 0.1) is 4.90 Å². The number of sulfonamides is 1. The van der Waals surface area contributed by atoms with Crippen molar-refractivity contribution in [2.75, 3.05) is 0 Å². The van der Waals surface area contributed by atoms with Crippen LogP contribution in [0.3, 0.4) is 0 Å². The predicted octanol–water partition coefficient (Wildman–Crippen LogP) is 2.32. The van der Waals surface area contributed by atoms with E-state index in [0.29, 0.717) is 5.56 Å². The average molecular weight is 323 g/mol. The number of hydrogen-bond donors (Lipinski definition) is 2. The summed E-state index contributed by atoms with van der Waals surface area (Å²) in [5.41, 5.74) is 1.40. The molecule has 0 amide bonds. The molecule has 0 bridgehead atoms. The fourth-order valence-corrected chi connectivity index (χ4v) is 3.35. The fourth-order valence-electron chi connectivity index (χ4n) is 1.61. The molecule has 0 atom stereocenters. The van der Waals surface area contributed by atoms with Gasteiger partial charge in [0, 0.05) is 12.6 Å². The van der Waals surface area contributed by atoms with Crippen molar-refractivity contribution in [2.45, 2.75) is 11.4 Å². The van der Waals surface area contributed by atoms with Crippen molar-refractivity contribution in [3.63, 3.8) is 0 Å². The van der Waals surface area contributed by atoms with Gasteiger partial charge < -0.3 is 5.11 Å². The van der Waals surface area contributed by atoms with E-state index >= 15 is 0 Å². The van der Waals surface area contributed by atoms with Gasteiger partial charge in [-0.1, -0.05) is 12.1 Å². The maximum Gasteiger partial charge on any atom is 0.328 e. The van der Waals surface area contributed by atoms with Crippen molar-refractivity contribution in [3.8, 4) is 0 Å². The van der Waals surface area contributed by atoms with Crippen LogP contribution in [0.1, 0.15) is 11.1 Å². The van der Waals surface area contributed by atoms with Gasteiger partial charge in [0.25, 0.3) is 0 Å². The van der Waals surface area contributed by atoms with Crippen molar-refractivity contribution in [1.29, 1.82) is 0 Å². The molecule has 0 aliphatic carbocycles. The van der Waals surface area contributed by atoms with E-state index in [0.717, 1.165) is 11.6 Å². The molecule has 0 spiro atoms. The zero-order chi connectivity index (χ0) is 15.3. The van der Waals surface area contributed by atoms with Crippen LogP contribution in [0.15, 0.2) is 52.1 Å². The Hall–Kier alpha value is -1.96. The number of rotatable bonds is 6. The van der Waals surface area contributed by atoms with Crippen LogP contribution >= 0.6 is 11.3 Å². The van der Waals surface area contributed by atoms with Gasteiger partial charge in [-0.05, 0) is 46.2 Å². The molecule has 0 aliphatic heterocycles. The lowest BCUT2D eigenvalue weighted by Gasteiger charge is -2.06. The standard InChI is InChI=1S/C14H13NO4S2/c16-14(17)5-4-11-2-1-3-13(8-11)21(18,19)15-9-12-6-7-20-10-12/h1-8,10,15H,9H2,(H,16,17). The second-order valence-electron chi connectivity index (χ2n) is 4.20. The Morgan fingerprint density at radius 2 is 2.14 bits per heavy atom. The first-order valence-corrected chi connectivity index (χ1v) is 8.42. The maximum atomic E-state index is 12.2. The highest BCUT2D eigenvalue weighted by molar-refractivity contribution is 7.89. The highest BCUT2D eigenvalue weighted by atomic mass is 32.2. The molecule has 0 saturated carbocycles. The number of carbonyl (C=O) groups is 1. The van der Waals surface area contributed by atoms with Gasteiger partial charge in [-0.15, -0.1) is 0 Å². The van der Waals surface area contributed by atoms with Gasteiger partial charge >= 0.3 is 5.97 Å². The minimum absolute atomic E-state index is 0.102. The van der Waals surface area contributed by atoms with Gasteiger partial charge in [-0.2, -0.15) is 11.3 Å². The number of carboxylic acids is 1.